The molecule has 6 aromatic carbocycles. The Bertz CT molecular complexity index is 1830. The largest absolute Gasteiger partial charge is 0.0617 e. The average molecular weight is 793 g/mol. The molecule has 0 saturated carbocycles. The quantitative estimate of drug-likeness (QED) is 0.108. The summed E-state index contributed by atoms with van der Waals surface area (Å²) in [5, 5.41) is 9.49. The number of hydrogen-bond donors (Lipinski definition) is 0. The average Bonchev–Trinajstić information content (AvgIpc) is 3.11. The molecule has 0 aliphatic heterocycles. The van der Waals surface area contributed by atoms with Gasteiger partial charge >= 0.3 is 0 Å². The molecule has 0 nitrogen and oxygen atoms in total. The Morgan fingerprint density at radius 2 is 0.393 bits per heavy atom. The Labute approximate surface area is 343 Å². The second-order valence-corrected chi connectivity index (χ2v) is 23.2. The van der Waals surface area contributed by atoms with Crippen molar-refractivity contribution in [2.24, 2.45) is 5.41 Å². The highest BCUT2D eigenvalue weighted by Crippen LogP contribution is 2.55. The monoisotopic (exact) mass is 792 g/mol. The lowest BCUT2D eigenvalue weighted by Gasteiger charge is -2.42. The summed E-state index contributed by atoms with van der Waals surface area (Å²) in [4.78, 5) is 0. The fraction of sp³-hybridized carbons (Fsp3) is 0.321. The predicted octanol–water partition coefficient (Wildman–Crippen LogP) is 12.1. The molecule has 0 heterocycles. The van der Waals surface area contributed by atoms with Crippen molar-refractivity contribution in [3.8, 4) is 0 Å². The van der Waals surface area contributed by atoms with Gasteiger partial charge in [0.15, 0.2) is 0 Å². The standard InChI is InChI=1S/C53H63P3/c1-35-20-14-21-36(2)47(35)54(48-37(3)22-15-23-38(48)4)32-53(13,33-55(49-39(5)24-16-25-40(49)6)50-41(7)26-17-27-42(50)8)34-56(51-43(9)28-18-29-44(51)10)52-45(11)30-19-31-46(52)12/h14-31H,32-34H2,1-13H3. The summed E-state index contributed by atoms with van der Waals surface area (Å²) < 4.78 is 0. The van der Waals surface area contributed by atoms with E-state index in [1.807, 2.05) is 0 Å². The van der Waals surface area contributed by atoms with Crippen molar-refractivity contribution in [1.82, 2.24) is 0 Å². The van der Waals surface area contributed by atoms with Crippen molar-refractivity contribution in [1.29, 1.82) is 0 Å². The molecule has 0 aliphatic carbocycles. The summed E-state index contributed by atoms with van der Waals surface area (Å²) in [6.07, 6.45) is 3.43. The molecule has 0 aliphatic rings. The van der Waals surface area contributed by atoms with E-state index in [0.29, 0.717) is 0 Å². The molecule has 290 valence electrons. The van der Waals surface area contributed by atoms with Crippen LogP contribution in [0.25, 0.3) is 0 Å². The summed E-state index contributed by atoms with van der Waals surface area (Å²) in [6, 6.07) is 41.9. The maximum atomic E-state index is 2.72. The minimum Gasteiger partial charge on any atom is -0.0617 e. The number of benzene rings is 6. The molecule has 0 unspecified atom stereocenters. The van der Waals surface area contributed by atoms with E-state index in [9.17, 15) is 0 Å². The molecule has 0 bridgehead atoms. The molecule has 0 N–H and O–H groups in total. The minimum atomic E-state index is -0.700. The molecule has 0 saturated heterocycles. The number of aryl methyl sites for hydroxylation is 12. The lowest BCUT2D eigenvalue weighted by Crippen LogP contribution is -2.39. The molecular weight excluding hydrogens is 730 g/mol. The van der Waals surface area contributed by atoms with Gasteiger partial charge in [-0.05, 0) is 229 Å². The smallest absolute Gasteiger partial charge is 0.0137 e. The number of rotatable bonds is 12. The molecule has 0 aromatic heterocycles. The van der Waals surface area contributed by atoms with Crippen LogP contribution >= 0.6 is 23.8 Å². The molecule has 6 aromatic rings. The maximum absolute atomic E-state index is 2.72. The lowest BCUT2D eigenvalue weighted by atomic mass is 9.99. The first kappa shape index (κ1) is 42.2. The zero-order valence-corrected chi connectivity index (χ0v) is 39.0. The third-order valence-corrected chi connectivity index (χ3v) is 22.6. The predicted molar refractivity (Wildman–Crippen MR) is 257 cm³/mol. The SMILES string of the molecule is Cc1cccc(C)c1P(CC(C)(CP(c1c(C)cccc1C)c1c(C)cccc1C)CP(c1c(C)cccc1C)c1c(C)cccc1C)c1c(C)cccc1C. The van der Waals surface area contributed by atoms with Gasteiger partial charge in [0.25, 0.3) is 0 Å². The summed E-state index contributed by atoms with van der Waals surface area (Å²) in [5.41, 5.74) is 17.1. The third kappa shape index (κ3) is 8.71. The molecular formula is C53H63P3. The number of hydrogen-bond acceptors (Lipinski definition) is 0. The van der Waals surface area contributed by atoms with E-state index in [2.05, 4.69) is 199 Å². The topological polar surface area (TPSA) is 0 Å². The van der Waals surface area contributed by atoms with Crippen LogP contribution in [0.4, 0.5) is 0 Å². The molecule has 0 spiro atoms. The van der Waals surface area contributed by atoms with Gasteiger partial charge in [0.2, 0.25) is 0 Å². The van der Waals surface area contributed by atoms with Crippen LogP contribution in [0.1, 0.15) is 73.7 Å². The summed E-state index contributed by atoms with van der Waals surface area (Å²) in [5.74, 6) is 0. The van der Waals surface area contributed by atoms with E-state index in [1.165, 1.54) is 66.8 Å². The van der Waals surface area contributed by atoms with Gasteiger partial charge in [-0.3, -0.25) is 0 Å². The van der Waals surface area contributed by atoms with E-state index < -0.39 is 23.8 Å². The van der Waals surface area contributed by atoms with Gasteiger partial charge in [0.05, 0.1) is 0 Å². The van der Waals surface area contributed by atoms with Crippen LogP contribution in [0.3, 0.4) is 0 Å². The van der Waals surface area contributed by atoms with Gasteiger partial charge in [0.1, 0.15) is 0 Å². The Kier molecular flexibility index (Phi) is 13.3. The van der Waals surface area contributed by atoms with Crippen LogP contribution in [0, 0.1) is 88.5 Å². The first-order valence-corrected chi connectivity index (χ1v) is 24.9. The molecule has 0 amide bonds. The molecule has 6 rings (SSSR count). The Morgan fingerprint density at radius 1 is 0.268 bits per heavy atom. The van der Waals surface area contributed by atoms with Crippen LogP contribution in [0.2, 0.25) is 0 Å². The van der Waals surface area contributed by atoms with Crippen LogP contribution in [-0.2, 0) is 0 Å². The molecule has 0 fully saturated rings. The zero-order chi connectivity index (χ0) is 40.5. The van der Waals surface area contributed by atoms with Crippen LogP contribution < -0.4 is 31.8 Å². The van der Waals surface area contributed by atoms with Crippen molar-refractivity contribution < 1.29 is 0 Å². The highest BCUT2D eigenvalue weighted by molar-refractivity contribution is 7.75. The van der Waals surface area contributed by atoms with Crippen LogP contribution in [-0.4, -0.2) is 18.5 Å². The molecule has 56 heavy (non-hydrogen) atoms. The van der Waals surface area contributed by atoms with Gasteiger partial charge in [-0.2, -0.15) is 0 Å². The Balaban J connectivity index is 1.68. The summed E-state index contributed by atoms with van der Waals surface area (Å²) in [6.45, 7) is 31.1. The molecule has 0 radical (unpaired) electrons. The summed E-state index contributed by atoms with van der Waals surface area (Å²) in [7, 11) is -2.10. The van der Waals surface area contributed by atoms with Gasteiger partial charge in [-0.1, -0.05) is 116 Å². The second kappa shape index (κ2) is 17.6. The van der Waals surface area contributed by atoms with E-state index in [-0.39, 0.29) is 5.41 Å². The van der Waals surface area contributed by atoms with Crippen LogP contribution in [0.5, 0.6) is 0 Å². The Morgan fingerprint density at radius 3 is 0.518 bits per heavy atom. The van der Waals surface area contributed by atoms with Crippen molar-refractivity contribution in [2.75, 3.05) is 18.5 Å². The fourth-order valence-electron chi connectivity index (χ4n) is 9.49. The summed E-state index contributed by atoms with van der Waals surface area (Å²) >= 11 is 0. The van der Waals surface area contributed by atoms with Gasteiger partial charge in [-0.15, -0.1) is 0 Å². The van der Waals surface area contributed by atoms with E-state index in [1.54, 1.807) is 31.8 Å². The first-order chi connectivity index (χ1) is 26.6. The van der Waals surface area contributed by atoms with Gasteiger partial charge in [0, 0.05) is 0 Å². The van der Waals surface area contributed by atoms with Crippen molar-refractivity contribution >= 4 is 55.6 Å². The molecule has 0 atom stereocenters. The van der Waals surface area contributed by atoms with E-state index in [4.69, 9.17) is 0 Å². The van der Waals surface area contributed by atoms with Crippen LogP contribution in [0.15, 0.2) is 109 Å². The maximum Gasteiger partial charge on any atom is -0.0137 e. The minimum absolute atomic E-state index is 0.0144. The first-order valence-electron chi connectivity index (χ1n) is 20.3. The van der Waals surface area contributed by atoms with Gasteiger partial charge in [-0.25, -0.2) is 0 Å². The second-order valence-electron chi connectivity index (χ2n) is 17.0. The van der Waals surface area contributed by atoms with E-state index >= 15 is 0 Å². The highest BCUT2D eigenvalue weighted by Gasteiger charge is 2.40. The third-order valence-electron chi connectivity index (χ3n) is 11.9. The van der Waals surface area contributed by atoms with Gasteiger partial charge < -0.3 is 0 Å². The Hall–Kier alpha value is -3.39. The molecule has 3 heteroatoms. The van der Waals surface area contributed by atoms with E-state index in [0.717, 1.165) is 18.5 Å². The highest BCUT2D eigenvalue weighted by atomic mass is 31.1. The lowest BCUT2D eigenvalue weighted by molar-refractivity contribution is 0.497. The normalized spacial score (nSPS) is 12.0. The fourth-order valence-corrected chi connectivity index (χ4v) is 20.6. The van der Waals surface area contributed by atoms with Crippen molar-refractivity contribution in [3.63, 3.8) is 0 Å². The van der Waals surface area contributed by atoms with Crippen molar-refractivity contribution in [3.05, 3.63) is 176 Å². The van der Waals surface area contributed by atoms with Crippen molar-refractivity contribution in [2.45, 2.75) is 90.0 Å². The zero-order valence-electron chi connectivity index (χ0n) is 36.4.